The maximum Gasteiger partial charge on any atom is 0.253 e. The first kappa shape index (κ1) is 16.5. The van der Waals surface area contributed by atoms with Crippen LogP contribution in [0.25, 0.3) is 0 Å². The van der Waals surface area contributed by atoms with Crippen molar-refractivity contribution in [2.75, 3.05) is 20.2 Å². The minimum absolute atomic E-state index is 0.110. The number of hydrogen-bond acceptors (Lipinski definition) is 2. The Morgan fingerprint density at radius 1 is 1.15 bits per heavy atom. The van der Waals surface area contributed by atoms with Gasteiger partial charge in [-0.3, -0.25) is 4.79 Å². The van der Waals surface area contributed by atoms with Gasteiger partial charge in [0.1, 0.15) is 5.75 Å². The van der Waals surface area contributed by atoms with Gasteiger partial charge in [0.05, 0.1) is 7.11 Å². The first-order valence-corrected chi connectivity index (χ1v) is 7.30. The van der Waals surface area contributed by atoms with Gasteiger partial charge in [0.25, 0.3) is 5.91 Å². The van der Waals surface area contributed by atoms with Crippen molar-refractivity contribution in [1.29, 1.82) is 0 Å². The predicted octanol–water partition coefficient (Wildman–Crippen LogP) is 3.98. The third-order valence-corrected chi connectivity index (χ3v) is 3.25. The topological polar surface area (TPSA) is 29.5 Å². The normalized spacial score (nSPS) is 11.2. The molecule has 0 N–H and O–H groups in total. The molecule has 0 radical (unpaired) electrons. The molecule has 1 aromatic rings. The van der Waals surface area contributed by atoms with Crippen LogP contribution < -0.4 is 4.74 Å². The molecule has 0 aliphatic carbocycles. The van der Waals surface area contributed by atoms with Gasteiger partial charge in [-0.2, -0.15) is 0 Å². The third-order valence-electron chi connectivity index (χ3n) is 3.25. The Bertz CT molecular complexity index is 418. The zero-order chi connectivity index (χ0) is 15.2. The number of carbonyl (C=O) groups excluding carboxylic acids is 1. The van der Waals surface area contributed by atoms with Crippen LogP contribution in [0.1, 0.15) is 50.9 Å². The van der Waals surface area contributed by atoms with Gasteiger partial charge in [0.2, 0.25) is 0 Å². The molecule has 0 bridgehead atoms. The van der Waals surface area contributed by atoms with E-state index in [2.05, 4.69) is 27.7 Å². The van der Waals surface area contributed by atoms with E-state index in [9.17, 15) is 4.79 Å². The Kier molecular flexibility index (Phi) is 6.05. The molecule has 0 saturated heterocycles. The van der Waals surface area contributed by atoms with E-state index in [0.29, 0.717) is 0 Å². The Labute approximate surface area is 122 Å². The molecule has 0 aromatic heterocycles. The average Bonchev–Trinajstić information content (AvgIpc) is 2.42. The Hall–Kier alpha value is -1.51. The van der Waals surface area contributed by atoms with E-state index >= 15 is 0 Å². The minimum atomic E-state index is 0.110. The Morgan fingerprint density at radius 3 is 2.20 bits per heavy atom. The first-order valence-electron chi connectivity index (χ1n) is 7.30. The maximum absolute atomic E-state index is 12.5. The van der Waals surface area contributed by atoms with Crippen molar-refractivity contribution in [2.24, 2.45) is 5.41 Å². The van der Waals surface area contributed by atoms with Crippen molar-refractivity contribution < 1.29 is 9.53 Å². The van der Waals surface area contributed by atoms with Crippen LogP contribution in [-0.2, 0) is 0 Å². The fourth-order valence-corrected chi connectivity index (χ4v) is 1.97. The maximum atomic E-state index is 12.5. The van der Waals surface area contributed by atoms with E-state index in [0.717, 1.165) is 37.2 Å². The van der Waals surface area contributed by atoms with Crippen LogP contribution in [0.3, 0.4) is 0 Å². The molecule has 1 rings (SSSR count). The molecule has 0 aliphatic rings. The van der Waals surface area contributed by atoms with E-state index in [-0.39, 0.29) is 11.3 Å². The number of rotatable bonds is 6. The molecule has 0 unspecified atom stereocenters. The molecular formula is C17H27NO2. The van der Waals surface area contributed by atoms with Gasteiger partial charge in [-0.1, -0.05) is 27.7 Å². The van der Waals surface area contributed by atoms with Crippen LogP contribution in [0.5, 0.6) is 5.75 Å². The third kappa shape index (κ3) is 5.24. The lowest BCUT2D eigenvalue weighted by Crippen LogP contribution is -2.34. The lowest BCUT2D eigenvalue weighted by atomic mass is 9.92. The number of benzene rings is 1. The summed E-state index contributed by atoms with van der Waals surface area (Å²) in [6.45, 7) is 10.3. The Morgan fingerprint density at radius 2 is 1.75 bits per heavy atom. The summed E-state index contributed by atoms with van der Waals surface area (Å²) in [7, 11) is 1.63. The molecule has 0 saturated carbocycles. The lowest BCUT2D eigenvalue weighted by Gasteiger charge is -2.27. The smallest absolute Gasteiger partial charge is 0.253 e. The molecule has 1 amide bonds. The molecule has 112 valence electrons. The molecule has 3 heteroatoms. The highest BCUT2D eigenvalue weighted by molar-refractivity contribution is 5.94. The van der Waals surface area contributed by atoms with E-state index in [1.165, 1.54) is 0 Å². The second kappa shape index (κ2) is 7.32. The van der Waals surface area contributed by atoms with Gasteiger partial charge in [0.15, 0.2) is 0 Å². The first-order chi connectivity index (χ1) is 9.37. The zero-order valence-electron chi connectivity index (χ0n) is 13.4. The van der Waals surface area contributed by atoms with Crippen LogP contribution in [0.2, 0.25) is 0 Å². The van der Waals surface area contributed by atoms with Gasteiger partial charge in [-0.15, -0.1) is 0 Å². The fraction of sp³-hybridized carbons (Fsp3) is 0.588. The number of carbonyl (C=O) groups is 1. The number of ether oxygens (including phenoxy) is 1. The summed E-state index contributed by atoms with van der Waals surface area (Å²) < 4.78 is 5.12. The summed E-state index contributed by atoms with van der Waals surface area (Å²) in [4.78, 5) is 14.5. The number of amides is 1. The van der Waals surface area contributed by atoms with Gasteiger partial charge >= 0.3 is 0 Å². The van der Waals surface area contributed by atoms with Crippen molar-refractivity contribution in [3.63, 3.8) is 0 Å². The summed E-state index contributed by atoms with van der Waals surface area (Å²) in [5.74, 6) is 0.886. The van der Waals surface area contributed by atoms with Crippen LogP contribution in [0.4, 0.5) is 0 Å². The van der Waals surface area contributed by atoms with Gasteiger partial charge in [-0.05, 0) is 42.5 Å². The van der Waals surface area contributed by atoms with Crippen molar-refractivity contribution in [3.8, 4) is 5.75 Å². The summed E-state index contributed by atoms with van der Waals surface area (Å²) in [5.41, 5.74) is 0.972. The zero-order valence-corrected chi connectivity index (χ0v) is 13.4. The van der Waals surface area contributed by atoms with Gasteiger partial charge in [0, 0.05) is 18.7 Å². The monoisotopic (exact) mass is 277 g/mol. The summed E-state index contributed by atoms with van der Waals surface area (Å²) in [6.07, 6.45) is 1.99. The highest BCUT2D eigenvalue weighted by Crippen LogP contribution is 2.20. The van der Waals surface area contributed by atoms with Crippen LogP contribution in [0.15, 0.2) is 24.3 Å². The quantitative estimate of drug-likeness (QED) is 0.787. The summed E-state index contributed by atoms with van der Waals surface area (Å²) in [5, 5.41) is 0. The molecule has 0 aliphatic heterocycles. The highest BCUT2D eigenvalue weighted by atomic mass is 16.5. The summed E-state index contributed by atoms with van der Waals surface area (Å²) in [6, 6.07) is 7.34. The number of hydrogen-bond donors (Lipinski definition) is 0. The largest absolute Gasteiger partial charge is 0.497 e. The highest BCUT2D eigenvalue weighted by Gasteiger charge is 2.18. The molecule has 20 heavy (non-hydrogen) atoms. The number of nitrogens with zero attached hydrogens (tertiary/aromatic N) is 1. The van der Waals surface area contributed by atoms with Gasteiger partial charge < -0.3 is 9.64 Å². The van der Waals surface area contributed by atoms with Crippen molar-refractivity contribution >= 4 is 5.91 Å². The molecule has 1 aromatic carbocycles. The fourth-order valence-electron chi connectivity index (χ4n) is 1.97. The van der Waals surface area contributed by atoms with E-state index in [1.54, 1.807) is 7.11 Å². The molecule has 3 nitrogen and oxygen atoms in total. The molecule has 0 heterocycles. The van der Waals surface area contributed by atoms with E-state index in [1.807, 2.05) is 29.2 Å². The molecular weight excluding hydrogens is 250 g/mol. The molecule has 0 fully saturated rings. The average molecular weight is 277 g/mol. The predicted molar refractivity (Wildman–Crippen MR) is 83.3 cm³/mol. The minimum Gasteiger partial charge on any atom is -0.497 e. The lowest BCUT2D eigenvalue weighted by molar-refractivity contribution is 0.0738. The van der Waals surface area contributed by atoms with E-state index < -0.39 is 0 Å². The van der Waals surface area contributed by atoms with Crippen LogP contribution >= 0.6 is 0 Å². The molecule has 0 spiro atoms. The van der Waals surface area contributed by atoms with Crippen molar-refractivity contribution in [3.05, 3.63) is 29.8 Å². The van der Waals surface area contributed by atoms with Crippen LogP contribution in [0, 0.1) is 5.41 Å². The Balaban J connectivity index is 2.76. The van der Waals surface area contributed by atoms with Crippen LogP contribution in [-0.4, -0.2) is 31.0 Å². The van der Waals surface area contributed by atoms with Gasteiger partial charge in [-0.25, -0.2) is 0 Å². The summed E-state index contributed by atoms with van der Waals surface area (Å²) >= 11 is 0. The SMILES string of the molecule is CCCN(CCC(C)(C)C)C(=O)c1ccc(OC)cc1. The standard InChI is InChI=1S/C17H27NO2/c1-6-12-18(13-11-17(2,3)4)16(19)14-7-9-15(20-5)10-8-14/h7-10H,6,11-13H2,1-5H3. The second-order valence-corrected chi connectivity index (χ2v) is 6.33. The second-order valence-electron chi connectivity index (χ2n) is 6.33. The number of methoxy groups -OCH3 is 1. The van der Waals surface area contributed by atoms with Crippen molar-refractivity contribution in [2.45, 2.75) is 40.5 Å². The molecule has 0 atom stereocenters. The van der Waals surface area contributed by atoms with Crippen molar-refractivity contribution in [1.82, 2.24) is 4.90 Å². The van der Waals surface area contributed by atoms with E-state index in [4.69, 9.17) is 4.74 Å².